The second-order valence-corrected chi connectivity index (χ2v) is 8.40. The van der Waals surface area contributed by atoms with E-state index in [1.54, 1.807) is 0 Å². The van der Waals surface area contributed by atoms with Gasteiger partial charge in [-0.05, 0) is 31.9 Å². The number of halogens is 1. The molecular weight excluding hydrogens is 477 g/mol. The van der Waals surface area contributed by atoms with Gasteiger partial charge in [-0.2, -0.15) is 0 Å². The number of benzene rings is 1. The third kappa shape index (κ3) is 9.33. The van der Waals surface area contributed by atoms with E-state index in [0.29, 0.717) is 19.1 Å². The van der Waals surface area contributed by atoms with Gasteiger partial charge in [-0.15, -0.1) is 24.0 Å². The van der Waals surface area contributed by atoms with Crippen LogP contribution in [-0.2, 0) is 11.3 Å². The molecule has 2 rings (SSSR count). The molecule has 1 aliphatic heterocycles. The Labute approximate surface area is 193 Å². The number of carbonyl (C=O) groups is 1. The largest absolute Gasteiger partial charge is 0.357 e. The van der Waals surface area contributed by atoms with Crippen molar-refractivity contribution in [3.8, 4) is 0 Å². The highest BCUT2D eigenvalue weighted by Crippen LogP contribution is 2.20. The molecule has 1 aromatic rings. The van der Waals surface area contributed by atoms with Crippen LogP contribution >= 0.6 is 24.0 Å². The summed E-state index contributed by atoms with van der Waals surface area (Å²) in [6.45, 7) is 12.8. The highest BCUT2D eigenvalue weighted by atomic mass is 127. The number of hydrogen-bond donors (Lipinski definition) is 3. The third-order valence-electron chi connectivity index (χ3n) is 4.92. The lowest BCUT2D eigenvalue weighted by Gasteiger charge is -2.23. The molecule has 1 saturated heterocycles. The fourth-order valence-corrected chi connectivity index (χ4v) is 3.29. The number of nitrogens with zero attached hydrogens (tertiary/aromatic N) is 2. The third-order valence-corrected chi connectivity index (χ3v) is 4.92. The van der Waals surface area contributed by atoms with Gasteiger partial charge in [0.25, 0.3) is 0 Å². The average molecular weight is 515 g/mol. The van der Waals surface area contributed by atoms with Crippen LogP contribution in [0.2, 0.25) is 0 Å². The molecule has 164 valence electrons. The smallest absolute Gasteiger partial charge is 0.225 e. The molecule has 1 aromatic carbocycles. The van der Waals surface area contributed by atoms with E-state index in [4.69, 9.17) is 4.99 Å². The van der Waals surface area contributed by atoms with Crippen LogP contribution in [0.5, 0.6) is 0 Å². The van der Waals surface area contributed by atoms with Crippen LogP contribution < -0.4 is 16.0 Å². The van der Waals surface area contributed by atoms with Gasteiger partial charge in [0.15, 0.2) is 5.96 Å². The minimum atomic E-state index is -0.358. The van der Waals surface area contributed by atoms with E-state index in [1.165, 1.54) is 18.4 Å². The molecule has 6 nitrogen and oxygen atoms in total. The molecule has 1 unspecified atom stereocenters. The van der Waals surface area contributed by atoms with Crippen molar-refractivity contribution in [1.82, 2.24) is 20.9 Å². The normalized spacial score (nSPS) is 17.5. The zero-order chi connectivity index (χ0) is 20.4. The summed E-state index contributed by atoms with van der Waals surface area (Å²) in [5.41, 5.74) is 1.00. The first-order valence-corrected chi connectivity index (χ1v) is 10.5. The van der Waals surface area contributed by atoms with Gasteiger partial charge in [-0.25, -0.2) is 0 Å². The Balaban J connectivity index is 0.00000420. The molecule has 1 heterocycles. The van der Waals surface area contributed by atoms with Gasteiger partial charge in [0.2, 0.25) is 5.91 Å². The van der Waals surface area contributed by atoms with Gasteiger partial charge in [-0.1, -0.05) is 51.1 Å². The number of guanidine groups is 1. The second-order valence-electron chi connectivity index (χ2n) is 8.40. The van der Waals surface area contributed by atoms with Crippen LogP contribution in [0.1, 0.15) is 46.1 Å². The van der Waals surface area contributed by atoms with E-state index >= 15 is 0 Å². The van der Waals surface area contributed by atoms with Gasteiger partial charge in [0.1, 0.15) is 0 Å². The molecule has 1 atom stereocenters. The summed E-state index contributed by atoms with van der Waals surface area (Å²) < 4.78 is 0. The summed E-state index contributed by atoms with van der Waals surface area (Å²) in [5, 5.41) is 9.58. The van der Waals surface area contributed by atoms with E-state index in [2.05, 4.69) is 58.1 Å². The lowest BCUT2D eigenvalue weighted by molar-refractivity contribution is -0.128. The van der Waals surface area contributed by atoms with Crippen LogP contribution in [0.25, 0.3) is 0 Å². The standard InChI is InChI=1S/C22H37N5O.HI/c1-5-23-21(25-14-13-24-20(28)22(2,3)4)26-16-19-12-9-15-27(19)17-18-10-7-6-8-11-18;/h6-8,10-11,19H,5,9,12-17H2,1-4H3,(H,24,28)(H2,23,25,26);1H. The van der Waals surface area contributed by atoms with Crippen molar-refractivity contribution in [2.45, 2.75) is 53.1 Å². The fraction of sp³-hybridized carbons (Fsp3) is 0.636. The first-order chi connectivity index (χ1) is 13.4. The highest BCUT2D eigenvalue weighted by molar-refractivity contribution is 14.0. The molecule has 3 N–H and O–H groups in total. The maximum atomic E-state index is 11.9. The first kappa shape index (κ1) is 25.7. The number of carbonyl (C=O) groups excluding carboxylic acids is 1. The number of likely N-dealkylation sites (tertiary alicyclic amines) is 1. The van der Waals surface area contributed by atoms with Crippen molar-refractivity contribution in [2.24, 2.45) is 10.4 Å². The zero-order valence-electron chi connectivity index (χ0n) is 18.3. The van der Waals surface area contributed by atoms with Gasteiger partial charge >= 0.3 is 0 Å². The van der Waals surface area contributed by atoms with Crippen molar-refractivity contribution in [3.63, 3.8) is 0 Å². The summed E-state index contributed by atoms with van der Waals surface area (Å²) in [4.78, 5) is 19.3. The lowest BCUT2D eigenvalue weighted by Crippen LogP contribution is -2.44. The molecule has 1 fully saturated rings. The van der Waals surface area contributed by atoms with E-state index in [1.807, 2.05) is 20.8 Å². The molecule has 29 heavy (non-hydrogen) atoms. The van der Waals surface area contributed by atoms with E-state index < -0.39 is 0 Å². The Hall–Kier alpha value is -1.35. The number of rotatable bonds is 8. The Kier molecular flexibility index (Phi) is 11.6. The Morgan fingerprint density at radius 2 is 1.83 bits per heavy atom. The molecular formula is C22H38IN5O. The number of hydrogen-bond acceptors (Lipinski definition) is 3. The highest BCUT2D eigenvalue weighted by Gasteiger charge is 2.24. The minimum absolute atomic E-state index is 0. The summed E-state index contributed by atoms with van der Waals surface area (Å²) in [7, 11) is 0. The summed E-state index contributed by atoms with van der Waals surface area (Å²) in [6.07, 6.45) is 2.42. The molecule has 0 radical (unpaired) electrons. The first-order valence-electron chi connectivity index (χ1n) is 10.5. The molecule has 0 spiro atoms. The van der Waals surface area contributed by atoms with E-state index in [9.17, 15) is 4.79 Å². The van der Waals surface area contributed by atoms with E-state index in [-0.39, 0.29) is 35.3 Å². The maximum Gasteiger partial charge on any atom is 0.225 e. The molecule has 7 heteroatoms. The maximum absolute atomic E-state index is 11.9. The second kappa shape index (κ2) is 13.1. The molecule has 1 aliphatic rings. The predicted molar refractivity (Wildman–Crippen MR) is 132 cm³/mol. The molecule has 0 saturated carbocycles. The minimum Gasteiger partial charge on any atom is -0.357 e. The summed E-state index contributed by atoms with van der Waals surface area (Å²) in [5.74, 6) is 0.887. The molecule has 0 aromatic heterocycles. The van der Waals surface area contributed by atoms with Crippen LogP contribution in [-0.4, -0.2) is 55.5 Å². The molecule has 0 aliphatic carbocycles. The molecule has 1 amide bonds. The number of aliphatic imine (C=N–C) groups is 1. The predicted octanol–water partition coefficient (Wildman–Crippen LogP) is 2.99. The van der Waals surface area contributed by atoms with Crippen molar-refractivity contribution in [3.05, 3.63) is 35.9 Å². The van der Waals surface area contributed by atoms with Gasteiger partial charge in [0.05, 0.1) is 6.54 Å². The molecule has 0 bridgehead atoms. The Morgan fingerprint density at radius 3 is 2.48 bits per heavy atom. The van der Waals surface area contributed by atoms with Gasteiger partial charge in [-0.3, -0.25) is 14.7 Å². The topological polar surface area (TPSA) is 68.8 Å². The van der Waals surface area contributed by atoms with Crippen LogP contribution in [0.3, 0.4) is 0 Å². The van der Waals surface area contributed by atoms with E-state index in [0.717, 1.165) is 32.1 Å². The summed E-state index contributed by atoms with van der Waals surface area (Å²) >= 11 is 0. The fourth-order valence-electron chi connectivity index (χ4n) is 3.29. The van der Waals surface area contributed by atoms with Crippen LogP contribution in [0.4, 0.5) is 0 Å². The number of amides is 1. The van der Waals surface area contributed by atoms with Crippen molar-refractivity contribution in [2.75, 3.05) is 32.7 Å². The monoisotopic (exact) mass is 515 g/mol. The van der Waals surface area contributed by atoms with Crippen LogP contribution in [0.15, 0.2) is 35.3 Å². The Morgan fingerprint density at radius 1 is 1.14 bits per heavy atom. The summed E-state index contributed by atoms with van der Waals surface area (Å²) in [6, 6.07) is 11.1. The lowest BCUT2D eigenvalue weighted by atomic mass is 9.96. The van der Waals surface area contributed by atoms with Crippen molar-refractivity contribution < 1.29 is 4.79 Å². The SMILES string of the molecule is CCNC(=NCC1CCCN1Cc1ccccc1)NCCNC(=O)C(C)(C)C.I. The Bertz CT molecular complexity index is 630. The van der Waals surface area contributed by atoms with Crippen LogP contribution in [0, 0.1) is 5.41 Å². The quantitative estimate of drug-likeness (QED) is 0.216. The average Bonchev–Trinajstić information content (AvgIpc) is 3.10. The zero-order valence-corrected chi connectivity index (χ0v) is 20.7. The van der Waals surface area contributed by atoms with Crippen molar-refractivity contribution >= 4 is 35.8 Å². The van der Waals surface area contributed by atoms with Gasteiger partial charge in [0, 0.05) is 37.6 Å². The number of nitrogens with one attached hydrogen (secondary N) is 3. The van der Waals surface area contributed by atoms with Gasteiger partial charge < -0.3 is 16.0 Å². The van der Waals surface area contributed by atoms with Crippen molar-refractivity contribution in [1.29, 1.82) is 0 Å².